The third-order valence-electron chi connectivity index (χ3n) is 5.30. The Morgan fingerprint density at radius 2 is 1.45 bits per heavy atom. The molecule has 0 atom stereocenters. The van der Waals surface area contributed by atoms with E-state index in [4.69, 9.17) is 0 Å². The number of rotatable bonds is 5. The van der Waals surface area contributed by atoms with E-state index in [2.05, 4.69) is 9.72 Å². The Morgan fingerprint density at radius 1 is 0.806 bits per heavy atom. The standard InChI is InChI=1S/C22H14F7NO/c23-15-4-7-17(18(24)11-15)20(9-10-20)21(25,26)19-8-3-14(12-30-19)13-1-5-16(6-2-13)31-22(27,28)29/h1-8,11-12H,9-10H2. The molecule has 0 bridgehead atoms. The molecule has 162 valence electrons. The number of pyridine rings is 1. The van der Waals surface area contributed by atoms with Gasteiger partial charge in [0.05, 0.1) is 5.41 Å². The van der Waals surface area contributed by atoms with Crippen molar-refractivity contribution in [2.75, 3.05) is 0 Å². The molecule has 1 fully saturated rings. The molecular formula is C22H14F7NO. The Labute approximate surface area is 172 Å². The lowest BCUT2D eigenvalue weighted by atomic mass is 9.86. The van der Waals surface area contributed by atoms with Gasteiger partial charge in [-0.15, -0.1) is 13.2 Å². The van der Waals surface area contributed by atoms with Gasteiger partial charge >= 0.3 is 6.36 Å². The number of ether oxygens (including phenoxy) is 1. The molecule has 0 radical (unpaired) electrons. The van der Waals surface area contributed by atoms with Crippen LogP contribution in [0.5, 0.6) is 5.75 Å². The van der Waals surface area contributed by atoms with Crippen LogP contribution in [0.15, 0.2) is 60.8 Å². The van der Waals surface area contributed by atoms with Crippen molar-refractivity contribution >= 4 is 0 Å². The third-order valence-corrected chi connectivity index (χ3v) is 5.30. The van der Waals surface area contributed by atoms with Gasteiger partial charge in [-0.1, -0.05) is 24.3 Å². The van der Waals surface area contributed by atoms with Crippen LogP contribution in [0.3, 0.4) is 0 Å². The van der Waals surface area contributed by atoms with Gasteiger partial charge in [-0.3, -0.25) is 4.98 Å². The van der Waals surface area contributed by atoms with Gasteiger partial charge in [-0.25, -0.2) is 8.78 Å². The molecule has 3 aromatic rings. The summed E-state index contributed by atoms with van der Waals surface area (Å²) in [7, 11) is 0. The number of nitrogens with zero attached hydrogens (tertiary/aromatic N) is 1. The van der Waals surface area contributed by atoms with Gasteiger partial charge in [0.2, 0.25) is 0 Å². The van der Waals surface area contributed by atoms with Gasteiger partial charge in [0.1, 0.15) is 23.1 Å². The molecule has 1 aromatic heterocycles. The van der Waals surface area contributed by atoms with Crippen LogP contribution in [0.2, 0.25) is 0 Å². The molecule has 0 saturated heterocycles. The lowest BCUT2D eigenvalue weighted by Gasteiger charge is -2.27. The Kier molecular flexibility index (Phi) is 4.94. The highest BCUT2D eigenvalue weighted by molar-refractivity contribution is 5.63. The smallest absolute Gasteiger partial charge is 0.406 e. The van der Waals surface area contributed by atoms with Crippen molar-refractivity contribution in [1.29, 1.82) is 0 Å². The molecule has 2 nitrogen and oxygen atoms in total. The zero-order valence-corrected chi connectivity index (χ0v) is 15.7. The maximum atomic E-state index is 15.3. The molecule has 0 spiro atoms. The van der Waals surface area contributed by atoms with Crippen LogP contribution in [0.25, 0.3) is 11.1 Å². The van der Waals surface area contributed by atoms with Gasteiger partial charge in [-0.2, -0.15) is 8.78 Å². The minimum atomic E-state index is -4.82. The van der Waals surface area contributed by atoms with E-state index in [1.54, 1.807) is 0 Å². The van der Waals surface area contributed by atoms with E-state index in [-0.39, 0.29) is 18.4 Å². The molecule has 4 rings (SSSR count). The molecule has 2 aromatic carbocycles. The van der Waals surface area contributed by atoms with Gasteiger partial charge in [0.15, 0.2) is 0 Å². The molecule has 1 aliphatic carbocycles. The summed E-state index contributed by atoms with van der Waals surface area (Å²) in [6, 6.07) is 9.88. The van der Waals surface area contributed by atoms with E-state index < -0.39 is 40.8 Å². The molecule has 0 N–H and O–H groups in total. The highest BCUT2D eigenvalue weighted by Crippen LogP contribution is 2.62. The van der Waals surface area contributed by atoms with Gasteiger partial charge < -0.3 is 4.74 Å². The molecule has 31 heavy (non-hydrogen) atoms. The Hall–Kier alpha value is -3.10. The summed E-state index contributed by atoms with van der Waals surface area (Å²) < 4.78 is 98.4. The molecule has 1 heterocycles. The predicted octanol–water partition coefficient (Wildman–Crippen LogP) is 6.75. The van der Waals surface area contributed by atoms with Crippen molar-refractivity contribution in [2.24, 2.45) is 0 Å². The predicted molar refractivity (Wildman–Crippen MR) is 97.5 cm³/mol. The minimum Gasteiger partial charge on any atom is -0.406 e. The topological polar surface area (TPSA) is 22.1 Å². The van der Waals surface area contributed by atoms with E-state index in [0.717, 1.165) is 30.3 Å². The summed E-state index contributed by atoms with van der Waals surface area (Å²) in [6.07, 6.45) is -3.61. The first-order chi connectivity index (χ1) is 14.5. The average molecular weight is 441 g/mol. The van der Waals surface area contributed by atoms with Gasteiger partial charge in [-0.05, 0) is 42.7 Å². The summed E-state index contributed by atoms with van der Waals surface area (Å²) in [6.45, 7) is 0. The molecule has 1 saturated carbocycles. The van der Waals surface area contributed by atoms with Crippen LogP contribution in [0, 0.1) is 11.6 Å². The van der Waals surface area contributed by atoms with Crippen LogP contribution in [-0.4, -0.2) is 11.3 Å². The summed E-state index contributed by atoms with van der Waals surface area (Å²) >= 11 is 0. The highest BCUT2D eigenvalue weighted by atomic mass is 19.4. The number of halogens is 7. The van der Waals surface area contributed by atoms with Crippen LogP contribution >= 0.6 is 0 Å². The quantitative estimate of drug-likeness (QED) is 0.409. The van der Waals surface area contributed by atoms with Crippen LogP contribution in [-0.2, 0) is 11.3 Å². The Bertz CT molecular complexity index is 1090. The van der Waals surface area contributed by atoms with Crippen LogP contribution in [0.4, 0.5) is 30.7 Å². The maximum absolute atomic E-state index is 15.3. The van der Waals surface area contributed by atoms with Crippen molar-refractivity contribution in [3.63, 3.8) is 0 Å². The fourth-order valence-electron chi connectivity index (χ4n) is 3.60. The van der Waals surface area contributed by atoms with Gasteiger partial charge in [0.25, 0.3) is 5.92 Å². The van der Waals surface area contributed by atoms with Crippen molar-refractivity contribution in [3.8, 4) is 16.9 Å². The van der Waals surface area contributed by atoms with E-state index >= 15 is 8.78 Å². The highest BCUT2D eigenvalue weighted by Gasteiger charge is 2.65. The lowest BCUT2D eigenvalue weighted by molar-refractivity contribution is -0.274. The lowest BCUT2D eigenvalue weighted by Crippen LogP contribution is -2.33. The van der Waals surface area contributed by atoms with E-state index in [1.165, 1.54) is 24.4 Å². The van der Waals surface area contributed by atoms with E-state index in [0.29, 0.717) is 17.2 Å². The summed E-state index contributed by atoms with van der Waals surface area (Å²) in [5.41, 5.74) is -1.78. The normalized spacial score (nSPS) is 15.6. The first-order valence-electron chi connectivity index (χ1n) is 9.18. The van der Waals surface area contributed by atoms with E-state index in [9.17, 15) is 22.0 Å². The molecule has 1 aliphatic rings. The summed E-state index contributed by atoms with van der Waals surface area (Å²) in [4.78, 5) is 3.83. The number of aromatic nitrogens is 1. The molecule has 0 amide bonds. The van der Waals surface area contributed by atoms with E-state index in [1.807, 2.05) is 0 Å². The number of benzene rings is 2. The van der Waals surface area contributed by atoms with Crippen molar-refractivity contribution in [2.45, 2.75) is 30.5 Å². The second kappa shape index (κ2) is 7.25. The largest absolute Gasteiger partial charge is 0.573 e. The number of alkyl halides is 5. The second-order valence-corrected chi connectivity index (χ2v) is 7.28. The first-order valence-corrected chi connectivity index (χ1v) is 9.18. The summed E-state index contributed by atoms with van der Waals surface area (Å²) in [5, 5.41) is 0. The molecular weight excluding hydrogens is 427 g/mol. The fraction of sp³-hybridized carbons (Fsp3) is 0.227. The van der Waals surface area contributed by atoms with Crippen molar-refractivity contribution in [3.05, 3.63) is 83.7 Å². The second-order valence-electron chi connectivity index (χ2n) is 7.28. The van der Waals surface area contributed by atoms with Crippen LogP contribution in [0.1, 0.15) is 24.1 Å². The fourth-order valence-corrected chi connectivity index (χ4v) is 3.60. The number of hydrogen-bond acceptors (Lipinski definition) is 2. The van der Waals surface area contributed by atoms with Crippen molar-refractivity contribution < 1.29 is 35.5 Å². The number of hydrogen-bond donors (Lipinski definition) is 0. The summed E-state index contributed by atoms with van der Waals surface area (Å²) in [5.74, 6) is -5.80. The molecule has 0 unspecified atom stereocenters. The third kappa shape index (κ3) is 3.96. The zero-order chi connectivity index (χ0) is 22.4. The van der Waals surface area contributed by atoms with Gasteiger partial charge in [0, 0.05) is 23.4 Å². The minimum absolute atomic E-state index is 0.0205. The Morgan fingerprint density at radius 3 is 1.97 bits per heavy atom. The first kappa shape index (κ1) is 21.1. The van der Waals surface area contributed by atoms with Crippen molar-refractivity contribution in [1.82, 2.24) is 4.98 Å². The Balaban J connectivity index is 1.59. The molecule has 9 heteroatoms. The molecule has 0 aliphatic heterocycles. The van der Waals surface area contributed by atoms with Crippen LogP contribution < -0.4 is 4.74 Å². The monoisotopic (exact) mass is 441 g/mol. The maximum Gasteiger partial charge on any atom is 0.573 e. The average Bonchev–Trinajstić information content (AvgIpc) is 3.50. The zero-order valence-electron chi connectivity index (χ0n) is 15.7. The SMILES string of the molecule is Fc1ccc(C2(C(F)(F)c3ccc(-c4ccc(OC(F)(F)F)cc4)cn3)CC2)c(F)c1.